The first kappa shape index (κ1) is 18.6. The molecule has 1 N–H and O–H groups in total. The first-order valence-electron chi connectivity index (χ1n) is 9.22. The van der Waals surface area contributed by atoms with Gasteiger partial charge in [-0.25, -0.2) is 0 Å². The van der Waals surface area contributed by atoms with Crippen LogP contribution in [0.1, 0.15) is 17.5 Å². The van der Waals surface area contributed by atoms with E-state index in [1.165, 1.54) is 0 Å². The molecule has 0 aromatic heterocycles. The zero-order valence-electron chi connectivity index (χ0n) is 15.7. The van der Waals surface area contributed by atoms with Gasteiger partial charge in [-0.3, -0.25) is 9.80 Å². The molecule has 0 spiro atoms. The van der Waals surface area contributed by atoms with Gasteiger partial charge >= 0.3 is 0 Å². The first-order valence-corrected chi connectivity index (χ1v) is 9.60. The fourth-order valence-electron chi connectivity index (χ4n) is 4.29. The Kier molecular flexibility index (Phi) is 5.03. The Morgan fingerprint density at radius 2 is 1.89 bits per heavy atom. The van der Waals surface area contributed by atoms with Crippen LogP contribution in [-0.2, 0) is 12.1 Å². The molecule has 2 aromatic rings. The predicted octanol–water partition coefficient (Wildman–Crippen LogP) is 3.09. The molecule has 2 aromatic carbocycles. The van der Waals surface area contributed by atoms with Gasteiger partial charge in [-0.05, 0) is 37.7 Å². The summed E-state index contributed by atoms with van der Waals surface area (Å²) < 4.78 is 10.8. The molecule has 1 saturated heterocycles. The number of piperidine rings is 1. The number of fused-ring (bicyclic) bond motifs is 1. The number of β-amino-alcohol motifs (C(OH)–C–C–N with tert-alkyl or cyclic N) is 1. The number of likely N-dealkylation sites (tertiary alicyclic amines) is 1. The molecule has 0 amide bonds. The van der Waals surface area contributed by atoms with E-state index in [1.54, 1.807) is 0 Å². The summed E-state index contributed by atoms with van der Waals surface area (Å²) in [4.78, 5) is 4.40. The van der Waals surface area contributed by atoms with Gasteiger partial charge in [0, 0.05) is 30.7 Å². The van der Waals surface area contributed by atoms with Crippen LogP contribution in [0.5, 0.6) is 11.5 Å². The number of halogens is 1. The number of nitrogens with zero attached hydrogens (tertiary/aromatic N) is 2. The molecule has 0 radical (unpaired) electrons. The number of rotatable bonds is 4. The second-order valence-electron chi connectivity index (χ2n) is 7.48. The molecule has 2 aliphatic rings. The van der Waals surface area contributed by atoms with E-state index in [0.29, 0.717) is 23.9 Å². The fraction of sp³-hybridized carbons (Fsp3) is 0.429. The maximum atomic E-state index is 11.2. The quantitative estimate of drug-likeness (QED) is 0.872. The average molecular weight is 389 g/mol. The molecule has 144 valence electrons. The molecule has 2 heterocycles. The van der Waals surface area contributed by atoms with E-state index < -0.39 is 6.10 Å². The second-order valence-corrected chi connectivity index (χ2v) is 7.89. The molecular weight excluding hydrogens is 364 g/mol. The molecule has 0 aliphatic carbocycles. The first-order chi connectivity index (χ1) is 13.0. The second kappa shape index (κ2) is 7.32. The van der Waals surface area contributed by atoms with Gasteiger partial charge in [0.2, 0.25) is 6.79 Å². The summed E-state index contributed by atoms with van der Waals surface area (Å²) in [6, 6.07) is 14.0. The molecule has 0 saturated carbocycles. The van der Waals surface area contributed by atoms with Gasteiger partial charge < -0.3 is 14.6 Å². The summed E-state index contributed by atoms with van der Waals surface area (Å²) in [6.07, 6.45) is 0.337. The number of hydrogen-bond donors (Lipinski definition) is 1. The molecule has 4 rings (SSSR count). The summed E-state index contributed by atoms with van der Waals surface area (Å²) in [5.74, 6) is 1.43. The van der Waals surface area contributed by atoms with Crippen LogP contribution in [0.15, 0.2) is 42.5 Å². The van der Waals surface area contributed by atoms with Crippen molar-refractivity contribution in [3.8, 4) is 11.5 Å². The highest BCUT2D eigenvalue weighted by Crippen LogP contribution is 2.40. The molecular formula is C21H25ClN2O3. The van der Waals surface area contributed by atoms with Crippen LogP contribution < -0.4 is 9.47 Å². The van der Waals surface area contributed by atoms with Gasteiger partial charge in [-0.2, -0.15) is 0 Å². The molecule has 2 aliphatic heterocycles. The number of likely N-dealkylation sites (N-methyl/N-ethyl adjacent to an activating group) is 1. The maximum absolute atomic E-state index is 11.2. The lowest BCUT2D eigenvalue weighted by atomic mass is 9.77. The van der Waals surface area contributed by atoms with Gasteiger partial charge in [0.15, 0.2) is 11.5 Å². The third kappa shape index (κ3) is 3.29. The lowest BCUT2D eigenvalue weighted by molar-refractivity contribution is -0.0702. The van der Waals surface area contributed by atoms with E-state index in [9.17, 15) is 5.11 Å². The van der Waals surface area contributed by atoms with Crippen LogP contribution in [0.3, 0.4) is 0 Å². The molecule has 0 bridgehead atoms. The molecule has 2 atom stereocenters. The van der Waals surface area contributed by atoms with Gasteiger partial charge in [-0.15, -0.1) is 0 Å². The SMILES string of the molecule is CN(C)[C@]1(c2ccccc2)CCN(Cc2cc3c(cc2Cl)OCO3)C[C@H]1O. The molecule has 27 heavy (non-hydrogen) atoms. The number of ether oxygens (including phenoxy) is 2. The Labute approximate surface area is 165 Å². The van der Waals surface area contributed by atoms with Crippen molar-refractivity contribution in [2.45, 2.75) is 24.6 Å². The number of aliphatic hydroxyl groups is 1. The third-order valence-electron chi connectivity index (χ3n) is 5.80. The number of hydrogen-bond acceptors (Lipinski definition) is 5. The van der Waals surface area contributed by atoms with Crippen LogP contribution in [-0.4, -0.2) is 55.0 Å². The van der Waals surface area contributed by atoms with Crippen LogP contribution in [0, 0.1) is 0 Å². The van der Waals surface area contributed by atoms with Crippen molar-refractivity contribution < 1.29 is 14.6 Å². The maximum Gasteiger partial charge on any atom is 0.231 e. The Balaban J connectivity index is 1.53. The van der Waals surface area contributed by atoms with Crippen molar-refractivity contribution in [1.82, 2.24) is 9.80 Å². The Morgan fingerprint density at radius 1 is 1.19 bits per heavy atom. The van der Waals surface area contributed by atoms with E-state index in [1.807, 2.05) is 44.4 Å². The van der Waals surface area contributed by atoms with Gasteiger partial charge in [0.25, 0.3) is 0 Å². The Morgan fingerprint density at radius 3 is 2.56 bits per heavy atom. The summed E-state index contributed by atoms with van der Waals surface area (Å²) in [6.45, 7) is 2.36. The van der Waals surface area contributed by atoms with Crippen molar-refractivity contribution in [2.75, 3.05) is 34.0 Å². The lowest BCUT2D eigenvalue weighted by Crippen LogP contribution is -2.59. The van der Waals surface area contributed by atoms with Crippen LogP contribution in [0.25, 0.3) is 0 Å². The highest BCUT2D eigenvalue weighted by Gasteiger charge is 2.45. The average Bonchev–Trinajstić information content (AvgIpc) is 3.10. The minimum absolute atomic E-state index is 0.236. The largest absolute Gasteiger partial charge is 0.454 e. The summed E-state index contributed by atoms with van der Waals surface area (Å²) in [5, 5.41) is 11.8. The van der Waals surface area contributed by atoms with Crippen molar-refractivity contribution in [1.29, 1.82) is 0 Å². The molecule has 1 fully saturated rings. The summed E-state index contributed by atoms with van der Waals surface area (Å²) in [5.41, 5.74) is 1.77. The van der Waals surface area contributed by atoms with Crippen molar-refractivity contribution >= 4 is 11.6 Å². The molecule has 0 unspecified atom stereocenters. The third-order valence-corrected chi connectivity index (χ3v) is 6.15. The molecule has 6 heteroatoms. The van der Waals surface area contributed by atoms with Gasteiger partial charge in [0.05, 0.1) is 11.6 Å². The van der Waals surface area contributed by atoms with Crippen LogP contribution in [0.4, 0.5) is 0 Å². The van der Waals surface area contributed by atoms with E-state index in [2.05, 4.69) is 21.9 Å². The van der Waals surface area contributed by atoms with Gasteiger partial charge in [-0.1, -0.05) is 41.9 Å². The van der Waals surface area contributed by atoms with E-state index in [-0.39, 0.29) is 12.3 Å². The zero-order chi connectivity index (χ0) is 19.0. The number of benzene rings is 2. The summed E-state index contributed by atoms with van der Waals surface area (Å²) >= 11 is 6.43. The minimum Gasteiger partial charge on any atom is -0.454 e. The highest BCUT2D eigenvalue weighted by molar-refractivity contribution is 6.31. The van der Waals surface area contributed by atoms with E-state index in [4.69, 9.17) is 21.1 Å². The number of aliphatic hydroxyl groups excluding tert-OH is 1. The zero-order valence-corrected chi connectivity index (χ0v) is 16.4. The normalized spacial score (nSPS) is 25.1. The van der Waals surface area contributed by atoms with Crippen LogP contribution in [0.2, 0.25) is 5.02 Å². The smallest absolute Gasteiger partial charge is 0.231 e. The monoisotopic (exact) mass is 388 g/mol. The van der Waals surface area contributed by atoms with Crippen molar-refractivity contribution in [3.05, 3.63) is 58.6 Å². The standard InChI is InChI=1S/C21H25ClN2O3/c1-23(2)21(16-6-4-3-5-7-16)8-9-24(13-20(21)25)12-15-10-18-19(11-17(15)22)27-14-26-18/h3-7,10-11,20,25H,8-9,12-14H2,1-2H3/t20-,21+/m1/s1. The topological polar surface area (TPSA) is 45.2 Å². The van der Waals surface area contributed by atoms with Crippen LogP contribution >= 0.6 is 11.6 Å². The van der Waals surface area contributed by atoms with Gasteiger partial charge in [0.1, 0.15) is 0 Å². The predicted molar refractivity (Wildman–Crippen MR) is 105 cm³/mol. The van der Waals surface area contributed by atoms with Crippen molar-refractivity contribution in [2.24, 2.45) is 0 Å². The van der Waals surface area contributed by atoms with E-state index >= 15 is 0 Å². The highest BCUT2D eigenvalue weighted by atomic mass is 35.5. The summed E-state index contributed by atoms with van der Waals surface area (Å²) in [7, 11) is 4.08. The Bertz CT molecular complexity index is 815. The minimum atomic E-state index is -0.503. The lowest BCUT2D eigenvalue weighted by Gasteiger charge is -2.50. The van der Waals surface area contributed by atoms with E-state index in [0.717, 1.165) is 29.8 Å². The molecule has 5 nitrogen and oxygen atoms in total. The Hall–Kier alpha value is -1.79. The fourth-order valence-corrected chi connectivity index (χ4v) is 4.50. The van der Waals surface area contributed by atoms with Crippen molar-refractivity contribution in [3.63, 3.8) is 0 Å².